The lowest BCUT2D eigenvalue weighted by atomic mass is 9.51. The number of nitrogens with zero attached hydrogens (tertiary/aromatic N) is 2. The summed E-state index contributed by atoms with van der Waals surface area (Å²) in [4.78, 5) is 41.1. The van der Waals surface area contributed by atoms with Crippen molar-refractivity contribution in [3.05, 3.63) is 110 Å². The van der Waals surface area contributed by atoms with Crippen LogP contribution in [0.5, 0.6) is 0 Å². The average molecular weight is 475 g/mol. The zero-order valence-corrected chi connectivity index (χ0v) is 17.7. The molecule has 0 N–H and O–H groups in total. The molecule has 1 fully saturated rings. The van der Waals surface area contributed by atoms with E-state index in [9.17, 15) is 19.7 Å². The van der Waals surface area contributed by atoms with Crippen molar-refractivity contribution in [2.75, 3.05) is 4.90 Å². The number of hydrogen-bond acceptors (Lipinski definition) is 4. The van der Waals surface area contributed by atoms with Gasteiger partial charge in [-0.1, -0.05) is 64.5 Å². The molecule has 0 aromatic heterocycles. The van der Waals surface area contributed by atoms with Crippen molar-refractivity contribution in [3.63, 3.8) is 0 Å². The van der Waals surface area contributed by atoms with Gasteiger partial charge < -0.3 is 0 Å². The number of benzene rings is 3. The number of hydrogen-bond donors (Lipinski definition) is 0. The Balaban J connectivity index is 1.67. The van der Waals surface area contributed by atoms with Crippen LogP contribution >= 0.6 is 15.9 Å². The van der Waals surface area contributed by atoms with Gasteiger partial charge in [0.05, 0.1) is 11.6 Å². The molecule has 2 bridgehead atoms. The number of halogens is 1. The van der Waals surface area contributed by atoms with Crippen LogP contribution in [-0.2, 0) is 15.1 Å². The molecule has 0 spiro atoms. The second-order valence-corrected chi connectivity index (χ2v) is 9.08. The molecule has 7 heteroatoms. The van der Waals surface area contributed by atoms with E-state index in [-0.39, 0.29) is 10.8 Å². The van der Waals surface area contributed by atoms with Crippen LogP contribution in [0.25, 0.3) is 0 Å². The molecule has 3 aliphatic carbocycles. The maximum absolute atomic E-state index is 13.7. The summed E-state index contributed by atoms with van der Waals surface area (Å²) >= 11 is 3.36. The summed E-state index contributed by atoms with van der Waals surface area (Å²) < 4.78 is 0.814. The van der Waals surface area contributed by atoms with Gasteiger partial charge in [-0.2, -0.15) is 0 Å². The van der Waals surface area contributed by atoms with Gasteiger partial charge in [0.1, 0.15) is 5.92 Å². The highest BCUT2D eigenvalue weighted by Crippen LogP contribution is 2.64. The second kappa shape index (κ2) is 6.11. The van der Waals surface area contributed by atoms with E-state index < -0.39 is 29.2 Å². The molecule has 7 rings (SSSR count). The lowest BCUT2D eigenvalue weighted by Gasteiger charge is -2.48. The fourth-order valence-electron chi connectivity index (χ4n) is 5.89. The summed E-state index contributed by atoms with van der Waals surface area (Å²) in [5, 5.41) is 12.9. The third-order valence-electron chi connectivity index (χ3n) is 6.95. The van der Waals surface area contributed by atoms with Crippen LogP contribution in [0.4, 0.5) is 5.69 Å². The SMILES string of the molecule is O=C1[C@@H]2C3c4ccccc4C([N+](=O)[O-])(c4ccccc43)[C@@H]2C(=O)N1c1ccc(Br)cc1. The van der Waals surface area contributed by atoms with Crippen LogP contribution in [0.1, 0.15) is 28.2 Å². The molecule has 1 aliphatic heterocycles. The van der Waals surface area contributed by atoms with Crippen molar-refractivity contribution in [3.8, 4) is 0 Å². The van der Waals surface area contributed by atoms with E-state index in [1.54, 1.807) is 48.5 Å². The first-order valence-corrected chi connectivity index (χ1v) is 10.7. The Kier molecular flexibility index (Phi) is 3.63. The lowest BCUT2D eigenvalue weighted by molar-refractivity contribution is -0.578. The quantitative estimate of drug-likeness (QED) is 0.316. The topological polar surface area (TPSA) is 80.5 Å². The van der Waals surface area contributed by atoms with Gasteiger partial charge in [0.15, 0.2) is 0 Å². The molecule has 0 radical (unpaired) electrons. The molecule has 0 saturated carbocycles. The summed E-state index contributed by atoms with van der Waals surface area (Å²) in [6.45, 7) is 0. The molecule has 2 amide bonds. The van der Waals surface area contributed by atoms with Crippen LogP contribution < -0.4 is 4.90 Å². The van der Waals surface area contributed by atoms with Gasteiger partial charge in [0, 0.05) is 26.4 Å². The molecular weight excluding hydrogens is 460 g/mol. The molecule has 31 heavy (non-hydrogen) atoms. The van der Waals surface area contributed by atoms with Gasteiger partial charge in [-0.15, -0.1) is 0 Å². The summed E-state index contributed by atoms with van der Waals surface area (Å²) in [5.74, 6) is -3.18. The largest absolute Gasteiger partial charge is 0.285 e. The fourth-order valence-corrected chi connectivity index (χ4v) is 6.15. The van der Waals surface area contributed by atoms with Gasteiger partial charge in [-0.3, -0.25) is 19.7 Å². The first-order valence-electron chi connectivity index (χ1n) is 9.94. The Bertz CT molecular complexity index is 1260. The number of carbonyl (C=O) groups is 2. The van der Waals surface area contributed by atoms with E-state index in [2.05, 4.69) is 15.9 Å². The Morgan fingerprint density at radius 2 is 1.39 bits per heavy atom. The Labute approximate surface area is 185 Å². The molecule has 3 aromatic rings. The van der Waals surface area contributed by atoms with Gasteiger partial charge >= 0.3 is 0 Å². The predicted octanol–water partition coefficient (Wildman–Crippen LogP) is 4.23. The van der Waals surface area contributed by atoms with E-state index >= 15 is 0 Å². The van der Waals surface area contributed by atoms with E-state index in [4.69, 9.17) is 0 Å². The first kappa shape index (κ1) is 18.4. The number of nitro groups is 1. The highest BCUT2D eigenvalue weighted by atomic mass is 79.9. The van der Waals surface area contributed by atoms with Gasteiger partial charge in [-0.25, -0.2) is 4.90 Å². The van der Waals surface area contributed by atoms with Crippen molar-refractivity contribution in [2.24, 2.45) is 11.8 Å². The summed E-state index contributed by atoms with van der Waals surface area (Å²) in [7, 11) is 0. The minimum Gasteiger partial charge on any atom is -0.274 e. The molecule has 1 heterocycles. The van der Waals surface area contributed by atoms with Crippen LogP contribution in [0.15, 0.2) is 77.3 Å². The molecule has 152 valence electrons. The Hall–Kier alpha value is -3.32. The molecule has 1 saturated heterocycles. The van der Waals surface area contributed by atoms with Gasteiger partial charge in [0.25, 0.3) is 5.54 Å². The standard InChI is InChI=1S/C24H15BrN2O4/c25-13-9-11-14(12-10-13)26-22(28)20-19-15-5-1-3-7-17(15)24(27(30)31,21(20)23(26)29)18-8-4-2-6-16(18)19/h1-12,19-21H/t19?,20-,21+,24?/m1/s1. The zero-order chi connectivity index (χ0) is 21.5. The van der Waals surface area contributed by atoms with Crippen molar-refractivity contribution in [1.29, 1.82) is 0 Å². The van der Waals surface area contributed by atoms with Crippen molar-refractivity contribution in [2.45, 2.75) is 11.5 Å². The molecule has 3 aromatic carbocycles. The Morgan fingerprint density at radius 1 is 0.839 bits per heavy atom. The van der Waals surface area contributed by atoms with Crippen LogP contribution in [-0.4, -0.2) is 16.7 Å². The highest BCUT2D eigenvalue weighted by molar-refractivity contribution is 9.10. The van der Waals surface area contributed by atoms with Gasteiger partial charge in [-0.05, 0) is 35.4 Å². The van der Waals surface area contributed by atoms with Crippen molar-refractivity contribution in [1.82, 2.24) is 0 Å². The van der Waals surface area contributed by atoms with Crippen LogP contribution in [0, 0.1) is 22.0 Å². The van der Waals surface area contributed by atoms with Crippen molar-refractivity contribution < 1.29 is 14.5 Å². The average Bonchev–Trinajstić information content (AvgIpc) is 3.05. The summed E-state index contributed by atoms with van der Waals surface area (Å²) in [6, 6.07) is 21.2. The van der Waals surface area contributed by atoms with Crippen molar-refractivity contribution >= 4 is 33.4 Å². The smallest absolute Gasteiger partial charge is 0.274 e. The molecular formula is C24H15BrN2O4. The number of anilines is 1. The second-order valence-electron chi connectivity index (χ2n) is 8.17. The van der Waals surface area contributed by atoms with E-state index in [0.717, 1.165) is 20.5 Å². The minimum atomic E-state index is -1.79. The third-order valence-corrected chi connectivity index (χ3v) is 7.47. The highest BCUT2D eigenvalue weighted by Gasteiger charge is 2.74. The fraction of sp³-hybridized carbons (Fsp3) is 0.167. The van der Waals surface area contributed by atoms with E-state index in [1.807, 2.05) is 24.3 Å². The number of carbonyl (C=O) groups excluding carboxylic acids is 2. The van der Waals surface area contributed by atoms with Crippen LogP contribution in [0.2, 0.25) is 0 Å². The predicted molar refractivity (Wildman–Crippen MR) is 116 cm³/mol. The maximum Gasteiger partial charge on any atom is 0.285 e. The minimum absolute atomic E-state index is 0.353. The number of imide groups is 1. The zero-order valence-electron chi connectivity index (χ0n) is 16.1. The molecule has 6 nitrogen and oxygen atoms in total. The van der Waals surface area contributed by atoms with E-state index in [1.165, 1.54) is 0 Å². The molecule has 2 atom stereocenters. The molecule has 4 aliphatic rings. The molecule has 0 unspecified atom stereocenters. The summed E-state index contributed by atoms with van der Waals surface area (Å²) in [5.41, 5.74) is 1.20. The van der Waals surface area contributed by atoms with Gasteiger partial charge in [0.2, 0.25) is 11.8 Å². The number of rotatable bonds is 2. The normalized spacial score (nSPS) is 27.6. The van der Waals surface area contributed by atoms with E-state index in [0.29, 0.717) is 16.8 Å². The first-order chi connectivity index (χ1) is 15.0. The monoisotopic (exact) mass is 474 g/mol. The third kappa shape index (κ3) is 2.07. The maximum atomic E-state index is 13.7. The van der Waals surface area contributed by atoms with Crippen LogP contribution in [0.3, 0.4) is 0 Å². The Morgan fingerprint density at radius 3 is 1.94 bits per heavy atom. The summed E-state index contributed by atoms with van der Waals surface area (Å²) in [6.07, 6.45) is 0. The lowest BCUT2D eigenvalue weighted by Crippen LogP contribution is -2.57. The number of amides is 2.